The lowest BCUT2D eigenvalue weighted by molar-refractivity contribution is -0.133. The standard InChI is InChI=1S/C20H21BrFN3O4/c1-2-28-20(27)14-3-6-18(23-12-14)24-7-9-25(10-8-24)19(26)13-29-17-5-4-15(21)11-16(17)22/h3-6,11-12H,2,7-10,13H2,1H3. The van der Waals surface area contributed by atoms with Crippen LogP contribution in [0.4, 0.5) is 10.2 Å². The zero-order valence-corrected chi connectivity index (χ0v) is 17.5. The molecule has 0 radical (unpaired) electrons. The van der Waals surface area contributed by atoms with Crippen LogP contribution in [0.5, 0.6) is 5.75 Å². The van der Waals surface area contributed by atoms with Gasteiger partial charge in [0.15, 0.2) is 18.2 Å². The van der Waals surface area contributed by atoms with Crippen molar-refractivity contribution in [3.63, 3.8) is 0 Å². The van der Waals surface area contributed by atoms with Crippen molar-refractivity contribution in [1.82, 2.24) is 9.88 Å². The second kappa shape index (κ2) is 9.69. The van der Waals surface area contributed by atoms with E-state index in [4.69, 9.17) is 9.47 Å². The number of hydrogen-bond donors (Lipinski definition) is 0. The summed E-state index contributed by atoms with van der Waals surface area (Å²) in [6.07, 6.45) is 1.49. The molecule has 0 unspecified atom stereocenters. The lowest BCUT2D eigenvalue weighted by Gasteiger charge is -2.35. The van der Waals surface area contributed by atoms with Gasteiger partial charge in [-0.2, -0.15) is 0 Å². The van der Waals surface area contributed by atoms with Crippen LogP contribution < -0.4 is 9.64 Å². The van der Waals surface area contributed by atoms with Gasteiger partial charge in [0.2, 0.25) is 0 Å². The number of anilines is 1. The highest BCUT2D eigenvalue weighted by Gasteiger charge is 2.22. The number of aromatic nitrogens is 1. The average Bonchev–Trinajstić information content (AvgIpc) is 2.73. The van der Waals surface area contributed by atoms with Crippen molar-refractivity contribution in [3.05, 3.63) is 52.4 Å². The first-order chi connectivity index (χ1) is 14.0. The number of carbonyl (C=O) groups is 2. The van der Waals surface area contributed by atoms with Crippen molar-refractivity contribution in [2.24, 2.45) is 0 Å². The second-order valence-electron chi connectivity index (χ2n) is 6.36. The molecular weight excluding hydrogens is 445 g/mol. The summed E-state index contributed by atoms with van der Waals surface area (Å²) in [4.78, 5) is 32.1. The number of carbonyl (C=O) groups excluding carboxylic acids is 2. The Morgan fingerprint density at radius 2 is 1.93 bits per heavy atom. The highest BCUT2D eigenvalue weighted by Crippen LogP contribution is 2.21. The van der Waals surface area contributed by atoms with E-state index in [-0.39, 0.29) is 18.3 Å². The monoisotopic (exact) mass is 465 g/mol. The van der Waals surface area contributed by atoms with E-state index in [0.717, 1.165) is 5.82 Å². The molecule has 7 nitrogen and oxygen atoms in total. The van der Waals surface area contributed by atoms with Crippen LogP contribution in [0.1, 0.15) is 17.3 Å². The van der Waals surface area contributed by atoms with Crippen LogP contribution in [-0.2, 0) is 9.53 Å². The van der Waals surface area contributed by atoms with Gasteiger partial charge >= 0.3 is 5.97 Å². The van der Waals surface area contributed by atoms with E-state index in [9.17, 15) is 14.0 Å². The van der Waals surface area contributed by atoms with Gasteiger partial charge in [0.05, 0.1) is 12.2 Å². The van der Waals surface area contributed by atoms with Gasteiger partial charge in [-0.15, -0.1) is 0 Å². The molecular formula is C20H21BrFN3O4. The van der Waals surface area contributed by atoms with Crippen LogP contribution in [0.25, 0.3) is 0 Å². The number of hydrogen-bond acceptors (Lipinski definition) is 6. The van der Waals surface area contributed by atoms with Gasteiger partial charge in [0.25, 0.3) is 5.91 Å². The van der Waals surface area contributed by atoms with Gasteiger partial charge in [0.1, 0.15) is 5.82 Å². The third-order valence-corrected chi connectivity index (χ3v) is 4.95. The fourth-order valence-corrected chi connectivity index (χ4v) is 3.25. The van der Waals surface area contributed by atoms with Gasteiger partial charge in [-0.1, -0.05) is 15.9 Å². The summed E-state index contributed by atoms with van der Waals surface area (Å²) in [6.45, 7) is 4.06. The highest BCUT2D eigenvalue weighted by atomic mass is 79.9. The van der Waals surface area contributed by atoms with Crippen LogP contribution in [-0.4, -0.2) is 61.2 Å². The minimum Gasteiger partial charge on any atom is -0.481 e. The maximum Gasteiger partial charge on any atom is 0.339 e. The second-order valence-corrected chi connectivity index (χ2v) is 7.27. The van der Waals surface area contributed by atoms with Crippen molar-refractivity contribution < 1.29 is 23.5 Å². The molecule has 0 atom stereocenters. The van der Waals surface area contributed by atoms with Crippen LogP contribution in [0.15, 0.2) is 41.0 Å². The van der Waals surface area contributed by atoms with Gasteiger partial charge in [-0.3, -0.25) is 4.79 Å². The predicted octanol–water partition coefficient (Wildman–Crippen LogP) is 2.89. The number of piperazine rings is 1. The minimum atomic E-state index is -0.519. The maximum atomic E-state index is 13.8. The zero-order valence-electron chi connectivity index (χ0n) is 15.9. The minimum absolute atomic E-state index is 0.0473. The smallest absolute Gasteiger partial charge is 0.339 e. The summed E-state index contributed by atoms with van der Waals surface area (Å²) in [5, 5.41) is 0. The van der Waals surface area contributed by atoms with Crippen LogP contribution in [0, 0.1) is 5.82 Å². The molecule has 0 saturated carbocycles. The third-order valence-electron chi connectivity index (χ3n) is 4.46. The fraction of sp³-hybridized carbons (Fsp3) is 0.350. The first kappa shape index (κ1) is 21.0. The van der Waals surface area contributed by atoms with Gasteiger partial charge < -0.3 is 19.3 Å². The number of benzene rings is 1. The molecule has 154 valence electrons. The Balaban J connectivity index is 1.49. The predicted molar refractivity (Wildman–Crippen MR) is 109 cm³/mol. The highest BCUT2D eigenvalue weighted by molar-refractivity contribution is 9.10. The average molecular weight is 466 g/mol. The van der Waals surface area contributed by atoms with Crippen molar-refractivity contribution in [3.8, 4) is 5.75 Å². The number of nitrogens with zero attached hydrogens (tertiary/aromatic N) is 3. The van der Waals surface area contributed by atoms with E-state index < -0.39 is 11.8 Å². The van der Waals surface area contributed by atoms with E-state index in [1.54, 1.807) is 30.0 Å². The van der Waals surface area contributed by atoms with Crippen molar-refractivity contribution in [2.45, 2.75) is 6.92 Å². The molecule has 1 amide bonds. The van der Waals surface area contributed by atoms with E-state index in [0.29, 0.717) is 42.8 Å². The lowest BCUT2D eigenvalue weighted by atomic mass is 10.2. The maximum absolute atomic E-state index is 13.8. The first-order valence-electron chi connectivity index (χ1n) is 9.21. The Morgan fingerprint density at radius 3 is 2.55 bits per heavy atom. The molecule has 1 fully saturated rings. The largest absolute Gasteiger partial charge is 0.481 e. The van der Waals surface area contributed by atoms with E-state index in [1.165, 1.54) is 18.3 Å². The van der Waals surface area contributed by atoms with E-state index in [1.807, 2.05) is 4.90 Å². The van der Waals surface area contributed by atoms with Gasteiger partial charge in [0, 0.05) is 36.8 Å². The molecule has 2 aromatic rings. The molecule has 0 bridgehead atoms. The number of halogens is 2. The molecule has 1 aliphatic heterocycles. The summed E-state index contributed by atoms with van der Waals surface area (Å²) in [5.74, 6) is -0.333. The Labute approximate surface area is 176 Å². The molecule has 3 rings (SSSR count). The van der Waals surface area contributed by atoms with Gasteiger partial charge in [-0.25, -0.2) is 14.2 Å². The molecule has 0 spiro atoms. The SMILES string of the molecule is CCOC(=O)c1ccc(N2CCN(C(=O)COc3ccc(Br)cc3F)CC2)nc1. The van der Waals surface area contributed by atoms with Crippen LogP contribution in [0.2, 0.25) is 0 Å². The van der Waals surface area contributed by atoms with Crippen molar-refractivity contribution in [1.29, 1.82) is 0 Å². The van der Waals surface area contributed by atoms with Crippen molar-refractivity contribution in [2.75, 3.05) is 44.3 Å². The normalized spacial score (nSPS) is 13.9. The number of pyridine rings is 1. The quantitative estimate of drug-likeness (QED) is 0.610. The molecule has 0 N–H and O–H groups in total. The summed E-state index contributed by atoms with van der Waals surface area (Å²) < 4.78 is 24.7. The van der Waals surface area contributed by atoms with Crippen LogP contribution in [0.3, 0.4) is 0 Å². The molecule has 9 heteroatoms. The van der Waals surface area contributed by atoms with E-state index >= 15 is 0 Å². The number of amides is 1. The molecule has 2 heterocycles. The number of ether oxygens (including phenoxy) is 2. The topological polar surface area (TPSA) is 72.0 Å². The molecule has 1 aliphatic rings. The Kier molecular flexibility index (Phi) is 7.03. The summed E-state index contributed by atoms with van der Waals surface area (Å²) in [5.41, 5.74) is 0.404. The third kappa shape index (κ3) is 5.44. The van der Waals surface area contributed by atoms with E-state index in [2.05, 4.69) is 20.9 Å². The number of esters is 1. The molecule has 1 saturated heterocycles. The summed E-state index contributed by atoms with van der Waals surface area (Å²) in [6, 6.07) is 7.87. The Bertz CT molecular complexity index is 871. The molecule has 0 aliphatic carbocycles. The lowest BCUT2D eigenvalue weighted by Crippen LogP contribution is -2.50. The Hall–Kier alpha value is -2.68. The molecule has 29 heavy (non-hydrogen) atoms. The first-order valence-corrected chi connectivity index (χ1v) is 10.0. The summed E-state index contributed by atoms with van der Waals surface area (Å²) in [7, 11) is 0. The summed E-state index contributed by atoms with van der Waals surface area (Å²) >= 11 is 3.18. The Morgan fingerprint density at radius 1 is 1.17 bits per heavy atom. The zero-order chi connectivity index (χ0) is 20.8. The van der Waals surface area contributed by atoms with Crippen LogP contribution >= 0.6 is 15.9 Å². The number of rotatable bonds is 6. The molecule has 1 aromatic carbocycles. The molecule has 1 aromatic heterocycles. The fourth-order valence-electron chi connectivity index (χ4n) is 2.92. The van der Waals surface area contributed by atoms with Gasteiger partial charge in [-0.05, 0) is 37.3 Å². The van der Waals surface area contributed by atoms with Crippen molar-refractivity contribution >= 4 is 33.6 Å².